The van der Waals surface area contributed by atoms with Crippen LogP contribution in [0.2, 0.25) is 4.34 Å². The summed E-state index contributed by atoms with van der Waals surface area (Å²) in [6.45, 7) is 2.78. The molecule has 2 rings (SSSR count). The zero-order valence-electron chi connectivity index (χ0n) is 9.03. The summed E-state index contributed by atoms with van der Waals surface area (Å²) >= 11 is 7.07. The van der Waals surface area contributed by atoms with Gasteiger partial charge in [-0.05, 0) is 31.9 Å². The first kappa shape index (κ1) is 11.9. The molecule has 0 radical (unpaired) electrons. The fourth-order valence-electron chi connectivity index (χ4n) is 1.80. The monoisotopic (exact) mass is 259 g/mol. The molecule has 0 saturated carbocycles. The fourth-order valence-corrected chi connectivity index (χ4v) is 2.75. The van der Waals surface area contributed by atoms with E-state index in [1.807, 2.05) is 6.92 Å². The Morgan fingerprint density at radius 3 is 3.06 bits per heavy atom. The van der Waals surface area contributed by atoms with Gasteiger partial charge in [-0.2, -0.15) is 0 Å². The molecule has 1 N–H and O–H groups in total. The van der Waals surface area contributed by atoms with E-state index in [1.54, 1.807) is 12.1 Å². The molecule has 1 aliphatic heterocycles. The number of rotatable bonds is 3. The van der Waals surface area contributed by atoms with Crippen molar-refractivity contribution < 1.29 is 9.53 Å². The third-order valence-electron chi connectivity index (χ3n) is 2.68. The van der Waals surface area contributed by atoms with Gasteiger partial charge in [0.05, 0.1) is 21.4 Å². The van der Waals surface area contributed by atoms with Crippen LogP contribution in [0.3, 0.4) is 0 Å². The Morgan fingerprint density at radius 2 is 2.50 bits per heavy atom. The molecule has 1 amide bonds. The number of thiophene rings is 1. The van der Waals surface area contributed by atoms with Gasteiger partial charge in [0.1, 0.15) is 0 Å². The maximum Gasteiger partial charge on any atom is 0.261 e. The molecule has 1 aliphatic rings. The van der Waals surface area contributed by atoms with E-state index in [9.17, 15) is 4.79 Å². The molecule has 5 heteroatoms. The van der Waals surface area contributed by atoms with Crippen LogP contribution in [-0.4, -0.2) is 24.7 Å². The van der Waals surface area contributed by atoms with Crippen molar-refractivity contribution in [2.75, 3.05) is 6.61 Å². The summed E-state index contributed by atoms with van der Waals surface area (Å²) in [4.78, 5) is 12.5. The Morgan fingerprint density at radius 1 is 1.69 bits per heavy atom. The van der Waals surface area contributed by atoms with Crippen LogP contribution in [0.1, 0.15) is 29.4 Å². The Kier molecular flexibility index (Phi) is 3.84. The van der Waals surface area contributed by atoms with Gasteiger partial charge >= 0.3 is 0 Å². The lowest BCUT2D eigenvalue weighted by Gasteiger charge is -2.19. The lowest BCUT2D eigenvalue weighted by molar-refractivity contribution is 0.0714. The standard InChI is InChI=1S/C11H14ClNO2S/c1-7(8-3-2-6-15-8)13-11(14)9-4-5-10(12)16-9/h4-5,7-8H,2-3,6H2,1H3,(H,13,14)/t7-,8-/m0/s1. The molecule has 1 aromatic heterocycles. The molecule has 16 heavy (non-hydrogen) atoms. The SMILES string of the molecule is C[C@H](NC(=O)c1ccc(Cl)s1)[C@@H]1CCCO1. The zero-order valence-corrected chi connectivity index (χ0v) is 10.6. The van der Waals surface area contributed by atoms with Crippen LogP contribution < -0.4 is 5.32 Å². The van der Waals surface area contributed by atoms with Crippen molar-refractivity contribution in [3.63, 3.8) is 0 Å². The van der Waals surface area contributed by atoms with Crippen molar-refractivity contribution in [3.8, 4) is 0 Å². The van der Waals surface area contributed by atoms with Crippen molar-refractivity contribution in [2.24, 2.45) is 0 Å². The first-order chi connectivity index (χ1) is 7.66. The van der Waals surface area contributed by atoms with Crippen molar-refractivity contribution in [1.29, 1.82) is 0 Å². The number of amides is 1. The highest BCUT2D eigenvalue weighted by Crippen LogP contribution is 2.22. The Labute approximate surface area is 104 Å². The Bertz CT molecular complexity index is 374. The molecule has 3 nitrogen and oxygen atoms in total. The predicted octanol–water partition coefficient (Wildman–Crippen LogP) is 2.70. The van der Waals surface area contributed by atoms with Crippen LogP contribution in [-0.2, 0) is 4.74 Å². The highest BCUT2D eigenvalue weighted by Gasteiger charge is 2.24. The summed E-state index contributed by atoms with van der Waals surface area (Å²) in [5.41, 5.74) is 0. The van der Waals surface area contributed by atoms with E-state index in [0.717, 1.165) is 19.4 Å². The number of halogens is 1. The maximum absolute atomic E-state index is 11.8. The van der Waals surface area contributed by atoms with E-state index in [-0.39, 0.29) is 18.1 Å². The van der Waals surface area contributed by atoms with Gasteiger partial charge in [0.15, 0.2) is 0 Å². The number of hydrogen-bond donors (Lipinski definition) is 1. The second-order valence-corrected chi connectivity index (χ2v) is 5.63. The van der Waals surface area contributed by atoms with Crippen LogP contribution in [0.4, 0.5) is 0 Å². The van der Waals surface area contributed by atoms with E-state index >= 15 is 0 Å². The van der Waals surface area contributed by atoms with Gasteiger partial charge in [-0.1, -0.05) is 11.6 Å². The summed E-state index contributed by atoms with van der Waals surface area (Å²) in [5, 5.41) is 2.94. The zero-order chi connectivity index (χ0) is 11.5. The summed E-state index contributed by atoms with van der Waals surface area (Å²) in [6, 6.07) is 3.53. The van der Waals surface area contributed by atoms with E-state index in [4.69, 9.17) is 16.3 Å². The van der Waals surface area contributed by atoms with Crippen LogP contribution >= 0.6 is 22.9 Å². The first-order valence-corrected chi connectivity index (χ1v) is 6.54. The molecule has 0 bridgehead atoms. The number of ether oxygens (including phenoxy) is 1. The first-order valence-electron chi connectivity index (χ1n) is 5.34. The second kappa shape index (κ2) is 5.17. The lowest BCUT2D eigenvalue weighted by Crippen LogP contribution is -2.40. The number of carbonyl (C=O) groups excluding carboxylic acids is 1. The van der Waals surface area contributed by atoms with Gasteiger partial charge < -0.3 is 10.1 Å². The van der Waals surface area contributed by atoms with Gasteiger partial charge in [0, 0.05) is 6.61 Å². The van der Waals surface area contributed by atoms with E-state index in [2.05, 4.69) is 5.32 Å². The van der Waals surface area contributed by atoms with Crippen LogP contribution in [0.25, 0.3) is 0 Å². The second-order valence-electron chi connectivity index (χ2n) is 3.92. The Hall–Kier alpha value is -0.580. The molecule has 1 fully saturated rings. The van der Waals surface area contributed by atoms with E-state index in [0.29, 0.717) is 9.21 Å². The molecule has 2 atom stereocenters. The largest absolute Gasteiger partial charge is 0.376 e. The third-order valence-corrected chi connectivity index (χ3v) is 3.91. The molecular formula is C11H14ClNO2S. The molecule has 0 unspecified atom stereocenters. The summed E-state index contributed by atoms with van der Waals surface area (Å²) in [6.07, 6.45) is 2.25. The summed E-state index contributed by atoms with van der Waals surface area (Å²) in [5.74, 6) is -0.0695. The highest BCUT2D eigenvalue weighted by molar-refractivity contribution is 7.17. The van der Waals surface area contributed by atoms with Gasteiger partial charge in [-0.25, -0.2) is 0 Å². The Balaban J connectivity index is 1.91. The van der Waals surface area contributed by atoms with Crippen LogP contribution in [0.15, 0.2) is 12.1 Å². The lowest BCUT2D eigenvalue weighted by atomic mass is 10.1. The summed E-state index contributed by atoms with van der Waals surface area (Å²) in [7, 11) is 0. The average Bonchev–Trinajstić information content (AvgIpc) is 2.87. The van der Waals surface area contributed by atoms with Crippen LogP contribution in [0, 0.1) is 0 Å². The minimum Gasteiger partial charge on any atom is -0.376 e. The topological polar surface area (TPSA) is 38.3 Å². The normalized spacial score (nSPS) is 22.0. The van der Waals surface area contributed by atoms with Gasteiger partial charge in [-0.3, -0.25) is 4.79 Å². The number of hydrogen-bond acceptors (Lipinski definition) is 3. The molecule has 2 heterocycles. The predicted molar refractivity (Wildman–Crippen MR) is 65.2 cm³/mol. The van der Waals surface area contributed by atoms with Gasteiger partial charge in [-0.15, -0.1) is 11.3 Å². The highest BCUT2D eigenvalue weighted by atomic mass is 35.5. The van der Waals surface area contributed by atoms with Gasteiger partial charge in [0.25, 0.3) is 5.91 Å². The minimum atomic E-state index is -0.0695. The van der Waals surface area contributed by atoms with Crippen molar-refractivity contribution in [3.05, 3.63) is 21.3 Å². The third kappa shape index (κ3) is 2.75. The number of nitrogens with one attached hydrogen (secondary N) is 1. The molecule has 0 spiro atoms. The van der Waals surface area contributed by atoms with Gasteiger partial charge in [0.2, 0.25) is 0 Å². The molecule has 0 aromatic carbocycles. The quantitative estimate of drug-likeness (QED) is 0.906. The fraction of sp³-hybridized carbons (Fsp3) is 0.545. The number of carbonyl (C=O) groups is 1. The van der Waals surface area contributed by atoms with Crippen LogP contribution in [0.5, 0.6) is 0 Å². The van der Waals surface area contributed by atoms with E-state index in [1.165, 1.54) is 11.3 Å². The van der Waals surface area contributed by atoms with E-state index < -0.39 is 0 Å². The molecule has 88 valence electrons. The smallest absolute Gasteiger partial charge is 0.261 e. The van der Waals surface area contributed by atoms with Crippen molar-refractivity contribution in [2.45, 2.75) is 31.9 Å². The molecule has 1 aromatic rings. The molecule has 0 aliphatic carbocycles. The van der Waals surface area contributed by atoms with Crippen molar-refractivity contribution >= 4 is 28.8 Å². The maximum atomic E-state index is 11.8. The van der Waals surface area contributed by atoms with Crippen molar-refractivity contribution in [1.82, 2.24) is 5.32 Å². The minimum absolute atomic E-state index is 0.0517. The average molecular weight is 260 g/mol. The summed E-state index contributed by atoms with van der Waals surface area (Å²) < 4.78 is 6.15. The molecule has 1 saturated heterocycles. The molecular weight excluding hydrogens is 246 g/mol.